The highest BCUT2D eigenvalue weighted by Gasteiger charge is 2.01. The van der Waals surface area contributed by atoms with Crippen molar-refractivity contribution in [1.29, 1.82) is 0 Å². The number of rotatable bonds is 13. The molecule has 1 nitrogen and oxygen atoms in total. The van der Waals surface area contributed by atoms with Crippen molar-refractivity contribution < 1.29 is 0 Å². The Hall–Kier alpha value is -0.820. The Kier molecular flexibility index (Phi) is 11.2. The molecule has 0 amide bonds. The Balaban J connectivity index is 1.88. The van der Waals surface area contributed by atoms with Gasteiger partial charge in [0.2, 0.25) is 0 Å². The van der Waals surface area contributed by atoms with Gasteiger partial charge in [-0.25, -0.2) is 0 Å². The van der Waals surface area contributed by atoms with Crippen LogP contribution in [-0.4, -0.2) is 6.04 Å². The Labute approximate surface area is 132 Å². The van der Waals surface area contributed by atoms with E-state index in [-0.39, 0.29) is 0 Å². The van der Waals surface area contributed by atoms with Gasteiger partial charge < -0.3 is 5.32 Å². The van der Waals surface area contributed by atoms with Crippen LogP contribution in [0.1, 0.15) is 83.6 Å². The minimum atomic E-state index is 0.634. The highest BCUT2D eigenvalue weighted by Crippen LogP contribution is 2.11. The van der Waals surface area contributed by atoms with Crippen molar-refractivity contribution in [2.75, 3.05) is 0 Å². The maximum absolute atomic E-state index is 3.62. The molecule has 0 aliphatic rings. The van der Waals surface area contributed by atoms with E-state index in [1.165, 1.54) is 69.8 Å². The maximum Gasteiger partial charge on any atom is 0.0207 e. The molecular formula is C20H35N. The van der Waals surface area contributed by atoms with Crippen LogP contribution in [0.25, 0.3) is 0 Å². The number of unbranched alkanes of at least 4 members (excludes halogenated alkanes) is 8. The molecule has 0 aliphatic heterocycles. The third-order valence-electron chi connectivity index (χ3n) is 4.24. The van der Waals surface area contributed by atoms with E-state index in [9.17, 15) is 0 Å². The highest BCUT2D eigenvalue weighted by molar-refractivity contribution is 5.14. The first-order valence-corrected chi connectivity index (χ1v) is 9.10. The molecule has 0 saturated heterocycles. The lowest BCUT2D eigenvalue weighted by Gasteiger charge is -2.13. The van der Waals surface area contributed by atoms with Crippen molar-refractivity contribution >= 4 is 0 Å². The Morgan fingerprint density at radius 1 is 0.810 bits per heavy atom. The summed E-state index contributed by atoms with van der Waals surface area (Å²) in [5.74, 6) is 0. The van der Waals surface area contributed by atoms with Gasteiger partial charge in [-0.05, 0) is 18.9 Å². The summed E-state index contributed by atoms with van der Waals surface area (Å²) in [4.78, 5) is 0. The maximum atomic E-state index is 3.62. The molecule has 0 radical (unpaired) electrons. The SMILES string of the molecule is CCCCCCCCCCC[C@@H](C)NCc1ccccc1. The Morgan fingerprint density at radius 2 is 1.38 bits per heavy atom. The van der Waals surface area contributed by atoms with Crippen LogP contribution in [0, 0.1) is 0 Å². The molecule has 1 N–H and O–H groups in total. The number of benzene rings is 1. The lowest BCUT2D eigenvalue weighted by Crippen LogP contribution is -2.25. The van der Waals surface area contributed by atoms with Crippen LogP contribution in [0.5, 0.6) is 0 Å². The number of hydrogen-bond donors (Lipinski definition) is 1. The van der Waals surface area contributed by atoms with Crippen molar-refractivity contribution in [2.24, 2.45) is 0 Å². The summed E-state index contributed by atoms with van der Waals surface area (Å²) < 4.78 is 0. The van der Waals surface area contributed by atoms with E-state index in [4.69, 9.17) is 0 Å². The number of nitrogens with one attached hydrogen (secondary N) is 1. The van der Waals surface area contributed by atoms with Crippen LogP contribution in [0.15, 0.2) is 30.3 Å². The van der Waals surface area contributed by atoms with Crippen LogP contribution in [0.2, 0.25) is 0 Å². The molecular weight excluding hydrogens is 254 g/mol. The first-order chi connectivity index (χ1) is 10.3. The monoisotopic (exact) mass is 289 g/mol. The van der Waals surface area contributed by atoms with Gasteiger partial charge in [-0.2, -0.15) is 0 Å². The first-order valence-electron chi connectivity index (χ1n) is 9.10. The first kappa shape index (κ1) is 18.2. The largest absolute Gasteiger partial charge is 0.310 e. The van der Waals surface area contributed by atoms with E-state index < -0.39 is 0 Å². The van der Waals surface area contributed by atoms with Crippen molar-refractivity contribution in [3.63, 3.8) is 0 Å². The average molecular weight is 290 g/mol. The van der Waals surface area contributed by atoms with Crippen molar-refractivity contribution in [2.45, 2.75) is 90.6 Å². The van der Waals surface area contributed by atoms with E-state index in [1.807, 2.05) is 0 Å². The van der Waals surface area contributed by atoms with Crippen LogP contribution in [0.3, 0.4) is 0 Å². The standard InChI is InChI=1S/C20H35N/c1-3-4-5-6-7-8-9-10-12-15-19(2)21-18-20-16-13-11-14-17-20/h11,13-14,16-17,19,21H,3-10,12,15,18H2,1-2H3/t19-/m1/s1. The molecule has 0 aromatic heterocycles. The lowest BCUT2D eigenvalue weighted by atomic mass is 10.0. The third-order valence-corrected chi connectivity index (χ3v) is 4.24. The molecule has 1 heteroatoms. The van der Waals surface area contributed by atoms with Gasteiger partial charge in [0.25, 0.3) is 0 Å². The van der Waals surface area contributed by atoms with E-state index >= 15 is 0 Å². The molecule has 0 spiro atoms. The van der Waals surface area contributed by atoms with Gasteiger partial charge >= 0.3 is 0 Å². The Bertz CT molecular complexity index is 320. The highest BCUT2D eigenvalue weighted by atomic mass is 14.9. The minimum absolute atomic E-state index is 0.634. The molecule has 1 atom stereocenters. The zero-order chi connectivity index (χ0) is 15.2. The molecule has 0 aliphatic carbocycles. The average Bonchev–Trinajstić information content (AvgIpc) is 2.52. The molecule has 0 fully saturated rings. The van der Waals surface area contributed by atoms with Gasteiger partial charge in [0.1, 0.15) is 0 Å². The lowest BCUT2D eigenvalue weighted by molar-refractivity contribution is 0.475. The Morgan fingerprint density at radius 3 is 2.00 bits per heavy atom. The molecule has 0 bridgehead atoms. The van der Waals surface area contributed by atoms with Crippen molar-refractivity contribution in [3.05, 3.63) is 35.9 Å². The molecule has 0 heterocycles. The van der Waals surface area contributed by atoms with Gasteiger partial charge in [0, 0.05) is 12.6 Å². The van der Waals surface area contributed by atoms with Crippen molar-refractivity contribution in [1.82, 2.24) is 5.32 Å². The van der Waals surface area contributed by atoms with Crippen LogP contribution < -0.4 is 5.32 Å². The fraction of sp³-hybridized carbons (Fsp3) is 0.700. The molecule has 0 saturated carbocycles. The molecule has 1 aromatic rings. The predicted molar refractivity (Wildman–Crippen MR) is 94.6 cm³/mol. The fourth-order valence-corrected chi connectivity index (χ4v) is 2.75. The summed E-state index contributed by atoms with van der Waals surface area (Å²) in [6, 6.07) is 11.3. The van der Waals surface area contributed by atoms with E-state index in [0.29, 0.717) is 6.04 Å². The quantitative estimate of drug-likeness (QED) is 0.433. The van der Waals surface area contributed by atoms with Gasteiger partial charge in [-0.1, -0.05) is 95.0 Å². The van der Waals surface area contributed by atoms with Gasteiger partial charge in [0.05, 0.1) is 0 Å². The molecule has 1 aromatic carbocycles. The molecule has 120 valence electrons. The summed E-state index contributed by atoms with van der Waals surface area (Å²) in [5.41, 5.74) is 1.39. The second-order valence-corrected chi connectivity index (χ2v) is 6.38. The summed E-state index contributed by atoms with van der Waals surface area (Å²) in [6.07, 6.45) is 14.1. The van der Waals surface area contributed by atoms with E-state index in [2.05, 4.69) is 49.5 Å². The smallest absolute Gasteiger partial charge is 0.0207 e. The van der Waals surface area contributed by atoms with Crippen LogP contribution in [-0.2, 0) is 6.54 Å². The van der Waals surface area contributed by atoms with E-state index in [1.54, 1.807) is 0 Å². The third kappa shape index (κ3) is 10.5. The van der Waals surface area contributed by atoms with Gasteiger partial charge in [-0.15, -0.1) is 0 Å². The normalized spacial score (nSPS) is 12.5. The minimum Gasteiger partial charge on any atom is -0.310 e. The summed E-state index contributed by atoms with van der Waals surface area (Å²) >= 11 is 0. The zero-order valence-corrected chi connectivity index (χ0v) is 14.2. The summed E-state index contributed by atoms with van der Waals surface area (Å²) in [7, 11) is 0. The molecule has 0 unspecified atom stereocenters. The van der Waals surface area contributed by atoms with Gasteiger partial charge in [-0.3, -0.25) is 0 Å². The molecule has 21 heavy (non-hydrogen) atoms. The fourth-order valence-electron chi connectivity index (χ4n) is 2.75. The van der Waals surface area contributed by atoms with Crippen molar-refractivity contribution in [3.8, 4) is 0 Å². The van der Waals surface area contributed by atoms with Crippen LogP contribution in [0.4, 0.5) is 0 Å². The second kappa shape index (κ2) is 12.9. The van der Waals surface area contributed by atoms with E-state index in [0.717, 1.165) is 6.54 Å². The molecule has 1 rings (SSSR count). The second-order valence-electron chi connectivity index (χ2n) is 6.38. The topological polar surface area (TPSA) is 12.0 Å². The summed E-state index contributed by atoms with van der Waals surface area (Å²) in [6.45, 7) is 5.60. The van der Waals surface area contributed by atoms with Gasteiger partial charge in [0.15, 0.2) is 0 Å². The van der Waals surface area contributed by atoms with Crippen LogP contribution >= 0.6 is 0 Å². The zero-order valence-electron chi connectivity index (χ0n) is 14.2. The predicted octanol–water partition coefficient (Wildman–Crippen LogP) is 6.09. The number of hydrogen-bond acceptors (Lipinski definition) is 1. The summed E-state index contributed by atoms with van der Waals surface area (Å²) in [5, 5.41) is 3.62.